The molecule has 8 nitrogen and oxygen atoms in total. The lowest BCUT2D eigenvalue weighted by molar-refractivity contribution is -0.171. The third-order valence-corrected chi connectivity index (χ3v) is 5.00. The van der Waals surface area contributed by atoms with Crippen LogP contribution in [0.1, 0.15) is 53.9 Å². The number of hydrogen-bond donors (Lipinski definition) is 2. The number of Topliss-reactive ketones (excluding diaryl/α,β-unsaturated/α-hetero) is 2. The molecule has 0 saturated heterocycles. The molecule has 0 aliphatic rings. The Morgan fingerprint density at radius 1 is 0.958 bits per heavy atom. The summed E-state index contributed by atoms with van der Waals surface area (Å²) in [5, 5.41) is 0. The Kier molecular flexibility index (Phi) is 8.77. The van der Waals surface area contributed by atoms with E-state index in [-0.39, 0.29) is 30.8 Å². The van der Waals surface area contributed by atoms with Gasteiger partial charge in [-0.15, -0.1) is 0 Å². The summed E-state index contributed by atoms with van der Waals surface area (Å²) in [7, 11) is 0. The number of rotatable bonds is 10. The number of hydrogen-bond acceptors (Lipinski definition) is 8. The Hall–Kier alpha value is -1.80. The van der Waals surface area contributed by atoms with Gasteiger partial charge in [0.15, 0.2) is 0 Å². The summed E-state index contributed by atoms with van der Waals surface area (Å²) in [5.41, 5.74) is -1.54. The molecule has 138 valence electrons. The molecule has 0 spiro atoms. The predicted molar refractivity (Wildman–Crippen MR) is 85.7 cm³/mol. The highest BCUT2D eigenvalue weighted by molar-refractivity contribution is 6.04. The van der Waals surface area contributed by atoms with Crippen molar-refractivity contribution in [2.75, 3.05) is 0 Å². The maximum absolute atomic E-state index is 12.5. The van der Waals surface area contributed by atoms with E-state index in [1.807, 2.05) is 0 Å². The minimum absolute atomic E-state index is 0.0910. The van der Waals surface area contributed by atoms with Gasteiger partial charge in [-0.25, -0.2) is 9.59 Å². The smallest absolute Gasteiger partial charge is 0.338 e. The molecule has 0 bridgehead atoms. The molecule has 0 heterocycles. The molecular formula is C16H28N2O6. The quantitative estimate of drug-likeness (QED) is 0.443. The van der Waals surface area contributed by atoms with Gasteiger partial charge in [0.1, 0.15) is 22.9 Å². The Morgan fingerprint density at radius 2 is 1.50 bits per heavy atom. The van der Waals surface area contributed by atoms with Crippen LogP contribution in [0.15, 0.2) is 0 Å². The fourth-order valence-corrected chi connectivity index (χ4v) is 3.31. The Bertz CT molecular complexity index is 459. The lowest BCUT2D eigenvalue weighted by Gasteiger charge is -2.38. The van der Waals surface area contributed by atoms with Crippen molar-refractivity contribution in [1.29, 1.82) is 0 Å². The van der Waals surface area contributed by atoms with E-state index in [2.05, 4.69) is 9.68 Å². The molecule has 4 N–H and O–H groups in total. The van der Waals surface area contributed by atoms with E-state index >= 15 is 0 Å². The van der Waals surface area contributed by atoms with E-state index in [0.717, 1.165) is 0 Å². The van der Waals surface area contributed by atoms with Crippen LogP contribution in [-0.4, -0.2) is 23.5 Å². The van der Waals surface area contributed by atoms with Crippen LogP contribution in [0.4, 0.5) is 0 Å². The summed E-state index contributed by atoms with van der Waals surface area (Å²) < 4.78 is 0. The maximum atomic E-state index is 12.5. The van der Waals surface area contributed by atoms with Crippen LogP contribution < -0.4 is 11.8 Å². The second-order valence-electron chi connectivity index (χ2n) is 5.89. The van der Waals surface area contributed by atoms with Crippen LogP contribution in [0.5, 0.6) is 0 Å². The second-order valence-corrected chi connectivity index (χ2v) is 5.89. The highest BCUT2D eigenvalue weighted by atomic mass is 16.7. The van der Waals surface area contributed by atoms with Crippen molar-refractivity contribution >= 4 is 23.5 Å². The Morgan fingerprint density at radius 3 is 1.83 bits per heavy atom. The van der Waals surface area contributed by atoms with Crippen molar-refractivity contribution < 1.29 is 28.9 Å². The predicted octanol–water partition coefficient (Wildman–Crippen LogP) is 1.06. The van der Waals surface area contributed by atoms with Gasteiger partial charge >= 0.3 is 11.9 Å². The summed E-state index contributed by atoms with van der Waals surface area (Å²) >= 11 is 0. The molecule has 0 fully saturated rings. The molecular weight excluding hydrogens is 316 g/mol. The lowest BCUT2D eigenvalue weighted by atomic mass is 9.62. The zero-order chi connectivity index (χ0) is 19.1. The normalized spacial score (nSPS) is 17.1. The van der Waals surface area contributed by atoms with Crippen molar-refractivity contribution in [1.82, 2.24) is 0 Å². The molecule has 0 saturated carbocycles. The van der Waals surface area contributed by atoms with Gasteiger partial charge in [0, 0.05) is 12.8 Å². The third kappa shape index (κ3) is 3.99. The molecule has 4 unspecified atom stereocenters. The number of carbonyl (C=O) groups is 4. The summed E-state index contributed by atoms with van der Waals surface area (Å²) in [6.45, 7) is 8.12. The van der Waals surface area contributed by atoms with Crippen molar-refractivity contribution in [3.05, 3.63) is 0 Å². The monoisotopic (exact) mass is 344 g/mol. The minimum atomic E-state index is -1.54. The van der Waals surface area contributed by atoms with Crippen LogP contribution in [0.25, 0.3) is 0 Å². The zero-order valence-corrected chi connectivity index (χ0v) is 15.0. The van der Waals surface area contributed by atoms with E-state index in [4.69, 9.17) is 11.8 Å². The van der Waals surface area contributed by atoms with Crippen molar-refractivity contribution in [3.63, 3.8) is 0 Å². The lowest BCUT2D eigenvalue weighted by Crippen LogP contribution is -2.50. The van der Waals surface area contributed by atoms with Gasteiger partial charge in [0.05, 0.1) is 0 Å². The molecule has 0 amide bonds. The average molecular weight is 344 g/mol. The van der Waals surface area contributed by atoms with Crippen molar-refractivity contribution in [2.24, 2.45) is 35.0 Å². The first-order valence-electron chi connectivity index (χ1n) is 8.07. The molecule has 0 aromatic rings. The summed E-state index contributed by atoms with van der Waals surface area (Å²) in [4.78, 5) is 57.6. The first-order valence-corrected chi connectivity index (χ1v) is 8.07. The van der Waals surface area contributed by atoms with Gasteiger partial charge in [0.2, 0.25) is 0 Å². The number of carbonyl (C=O) groups excluding carboxylic acids is 4. The highest BCUT2D eigenvalue weighted by Gasteiger charge is 2.53. The maximum Gasteiger partial charge on any atom is 0.338 e. The summed E-state index contributed by atoms with van der Waals surface area (Å²) in [6.07, 6.45) is 0.318. The summed E-state index contributed by atoms with van der Waals surface area (Å²) in [6, 6.07) is 0. The largest absolute Gasteiger partial charge is 0.373 e. The zero-order valence-electron chi connectivity index (χ0n) is 15.0. The van der Waals surface area contributed by atoms with E-state index in [9.17, 15) is 19.2 Å². The molecule has 0 aliphatic heterocycles. The van der Waals surface area contributed by atoms with Gasteiger partial charge in [-0.3, -0.25) is 9.59 Å². The van der Waals surface area contributed by atoms with Crippen molar-refractivity contribution in [3.8, 4) is 0 Å². The minimum Gasteiger partial charge on any atom is -0.373 e. The van der Waals surface area contributed by atoms with Crippen LogP contribution in [-0.2, 0) is 28.9 Å². The number of nitrogens with two attached hydrogens (primary N) is 2. The number of ketones is 2. The Labute approximate surface area is 142 Å². The van der Waals surface area contributed by atoms with Gasteiger partial charge < -0.3 is 9.68 Å². The van der Waals surface area contributed by atoms with Crippen molar-refractivity contribution in [2.45, 2.75) is 53.9 Å². The van der Waals surface area contributed by atoms with Gasteiger partial charge in [-0.1, -0.05) is 34.6 Å². The topological polar surface area (TPSA) is 139 Å². The average Bonchev–Trinajstić information content (AvgIpc) is 2.61. The first kappa shape index (κ1) is 22.2. The molecule has 0 aliphatic carbocycles. The molecule has 0 aromatic carbocycles. The molecule has 0 aromatic heterocycles. The van der Waals surface area contributed by atoms with E-state index in [0.29, 0.717) is 0 Å². The van der Waals surface area contributed by atoms with Crippen LogP contribution in [0.2, 0.25) is 0 Å². The SMILES string of the molecule is CCC(=O)C(C(=O)ON)C(C)C(C)C(CC)(C(=O)CC)C(=O)ON. The molecule has 4 atom stereocenters. The third-order valence-electron chi connectivity index (χ3n) is 5.00. The standard InChI is InChI=1S/C16H28N2O6/c1-6-11(19)13(14(21)23-17)9(4)10(5)16(8-3,12(20)7-2)15(22)24-18/h9-10,13H,6-8,17-18H2,1-5H3. The first-order chi connectivity index (χ1) is 11.2. The van der Waals surface area contributed by atoms with E-state index in [1.54, 1.807) is 34.6 Å². The highest BCUT2D eigenvalue weighted by Crippen LogP contribution is 2.42. The molecule has 0 rings (SSSR count). The van der Waals surface area contributed by atoms with Crippen LogP contribution in [0, 0.1) is 23.2 Å². The van der Waals surface area contributed by atoms with Gasteiger partial charge in [-0.05, 0) is 18.3 Å². The van der Waals surface area contributed by atoms with Crippen LogP contribution >= 0.6 is 0 Å². The Balaban J connectivity index is 6.05. The fourth-order valence-electron chi connectivity index (χ4n) is 3.31. The second kappa shape index (κ2) is 9.48. The molecule has 24 heavy (non-hydrogen) atoms. The van der Waals surface area contributed by atoms with Crippen LogP contribution in [0.3, 0.4) is 0 Å². The van der Waals surface area contributed by atoms with Gasteiger partial charge in [-0.2, -0.15) is 11.8 Å². The van der Waals surface area contributed by atoms with E-state index in [1.165, 1.54) is 0 Å². The summed E-state index contributed by atoms with van der Waals surface area (Å²) in [5.74, 6) is 4.93. The fraction of sp³-hybridized carbons (Fsp3) is 0.750. The molecule has 8 heteroatoms. The van der Waals surface area contributed by atoms with E-state index < -0.39 is 35.1 Å². The molecule has 0 radical (unpaired) electrons. The van der Waals surface area contributed by atoms with Gasteiger partial charge in [0.25, 0.3) is 0 Å².